The number of rotatable bonds is 4. The molecule has 3 nitrogen and oxygen atoms in total. The predicted octanol–water partition coefficient (Wildman–Crippen LogP) is 4.35. The molecule has 1 aromatic carbocycles. The van der Waals surface area contributed by atoms with Crippen LogP contribution in [-0.4, -0.2) is 9.55 Å². The first-order chi connectivity index (χ1) is 8.58. The molecule has 0 spiro atoms. The molecule has 0 aliphatic heterocycles. The lowest BCUT2D eigenvalue weighted by molar-refractivity contribution is 0.527. The van der Waals surface area contributed by atoms with Crippen molar-refractivity contribution in [3.05, 3.63) is 40.6 Å². The number of hydrogen-bond acceptors (Lipinski definition) is 2. The molecular weight excluding hydrogens is 290 g/mol. The molecule has 1 aromatic heterocycles. The van der Waals surface area contributed by atoms with Crippen LogP contribution >= 0.6 is 15.9 Å². The van der Waals surface area contributed by atoms with E-state index >= 15 is 0 Å². The molecule has 0 bridgehead atoms. The maximum atomic E-state index is 4.37. The van der Waals surface area contributed by atoms with Crippen LogP contribution in [0.4, 0.5) is 11.6 Å². The van der Waals surface area contributed by atoms with Gasteiger partial charge in [-0.15, -0.1) is 0 Å². The lowest BCUT2D eigenvalue weighted by Gasteiger charge is -2.13. The van der Waals surface area contributed by atoms with Crippen LogP contribution in [0.25, 0.3) is 0 Å². The van der Waals surface area contributed by atoms with Gasteiger partial charge >= 0.3 is 0 Å². The average molecular weight is 308 g/mol. The zero-order valence-corrected chi connectivity index (χ0v) is 12.5. The van der Waals surface area contributed by atoms with Gasteiger partial charge in [0.2, 0.25) is 5.95 Å². The van der Waals surface area contributed by atoms with E-state index in [9.17, 15) is 0 Å². The Kier molecular flexibility index (Phi) is 4.07. The van der Waals surface area contributed by atoms with Crippen LogP contribution in [0.1, 0.15) is 19.4 Å². The second-order valence-electron chi connectivity index (χ2n) is 4.83. The number of benzene rings is 1. The minimum Gasteiger partial charge on any atom is -0.325 e. The van der Waals surface area contributed by atoms with E-state index < -0.39 is 0 Å². The van der Waals surface area contributed by atoms with Crippen molar-refractivity contribution in [2.24, 2.45) is 5.92 Å². The summed E-state index contributed by atoms with van der Waals surface area (Å²) in [5, 5.41) is 3.39. The first-order valence-corrected chi connectivity index (χ1v) is 6.90. The number of imidazole rings is 1. The highest BCUT2D eigenvalue weighted by Crippen LogP contribution is 2.26. The SMILES string of the molecule is Cc1c(Br)cccc1Nc1nccn1CC(C)C. The Morgan fingerprint density at radius 3 is 2.89 bits per heavy atom. The van der Waals surface area contributed by atoms with Crippen LogP contribution in [0.5, 0.6) is 0 Å². The zero-order valence-electron chi connectivity index (χ0n) is 10.9. The van der Waals surface area contributed by atoms with E-state index in [1.165, 1.54) is 5.56 Å². The average Bonchev–Trinajstić information content (AvgIpc) is 2.72. The van der Waals surface area contributed by atoms with Crippen LogP contribution in [0, 0.1) is 12.8 Å². The van der Waals surface area contributed by atoms with Crippen molar-refractivity contribution in [2.45, 2.75) is 27.3 Å². The Labute approximate surface area is 116 Å². The molecule has 2 rings (SSSR count). The molecule has 0 radical (unpaired) electrons. The molecule has 0 unspecified atom stereocenters. The zero-order chi connectivity index (χ0) is 13.1. The topological polar surface area (TPSA) is 29.9 Å². The van der Waals surface area contributed by atoms with E-state index in [2.05, 4.69) is 57.6 Å². The van der Waals surface area contributed by atoms with Gasteiger partial charge in [-0.3, -0.25) is 0 Å². The van der Waals surface area contributed by atoms with Crippen molar-refractivity contribution < 1.29 is 0 Å². The molecule has 1 N–H and O–H groups in total. The summed E-state index contributed by atoms with van der Waals surface area (Å²) in [7, 11) is 0. The Morgan fingerprint density at radius 2 is 2.17 bits per heavy atom. The van der Waals surface area contributed by atoms with Crippen molar-refractivity contribution >= 4 is 27.6 Å². The first kappa shape index (κ1) is 13.1. The fourth-order valence-corrected chi connectivity index (χ4v) is 2.20. The van der Waals surface area contributed by atoms with Crippen LogP contribution in [-0.2, 0) is 6.54 Å². The third kappa shape index (κ3) is 2.93. The summed E-state index contributed by atoms with van der Waals surface area (Å²) in [6.07, 6.45) is 3.84. The van der Waals surface area contributed by atoms with Gasteiger partial charge in [-0.25, -0.2) is 4.98 Å². The molecule has 0 aliphatic rings. The standard InChI is InChI=1S/C14H18BrN3/c1-10(2)9-18-8-7-16-14(18)17-13-6-4-5-12(15)11(13)3/h4-8,10H,9H2,1-3H3,(H,16,17). The Balaban J connectivity index is 2.24. The van der Waals surface area contributed by atoms with Gasteiger partial charge < -0.3 is 9.88 Å². The molecule has 96 valence electrons. The monoisotopic (exact) mass is 307 g/mol. The Bertz CT molecular complexity index is 532. The van der Waals surface area contributed by atoms with Crippen molar-refractivity contribution in [2.75, 3.05) is 5.32 Å². The molecule has 0 fully saturated rings. The molecule has 0 saturated carbocycles. The number of anilines is 2. The highest BCUT2D eigenvalue weighted by atomic mass is 79.9. The summed E-state index contributed by atoms with van der Waals surface area (Å²) in [6, 6.07) is 6.13. The highest BCUT2D eigenvalue weighted by Gasteiger charge is 2.07. The molecular formula is C14H18BrN3. The molecule has 18 heavy (non-hydrogen) atoms. The summed E-state index contributed by atoms with van der Waals surface area (Å²) in [4.78, 5) is 4.37. The van der Waals surface area contributed by atoms with Crippen molar-refractivity contribution in [1.29, 1.82) is 0 Å². The van der Waals surface area contributed by atoms with Crippen LogP contribution < -0.4 is 5.32 Å². The summed E-state index contributed by atoms with van der Waals surface area (Å²) in [5.41, 5.74) is 2.28. The molecule has 4 heteroatoms. The molecule has 1 heterocycles. The molecule has 0 saturated heterocycles. The van der Waals surface area contributed by atoms with Crippen molar-refractivity contribution in [3.8, 4) is 0 Å². The quantitative estimate of drug-likeness (QED) is 0.910. The van der Waals surface area contributed by atoms with Crippen LogP contribution in [0.15, 0.2) is 35.1 Å². The second kappa shape index (κ2) is 5.57. The van der Waals surface area contributed by atoms with E-state index in [0.717, 1.165) is 22.7 Å². The summed E-state index contributed by atoms with van der Waals surface area (Å²) in [6.45, 7) is 7.46. The summed E-state index contributed by atoms with van der Waals surface area (Å²) in [5.74, 6) is 1.49. The Morgan fingerprint density at radius 1 is 1.39 bits per heavy atom. The van der Waals surface area contributed by atoms with Crippen molar-refractivity contribution in [3.63, 3.8) is 0 Å². The van der Waals surface area contributed by atoms with Gasteiger partial charge in [-0.1, -0.05) is 35.8 Å². The summed E-state index contributed by atoms with van der Waals surface area (Å²) < 4.78 is 3.25. The number of nitrogens with one attached hydrogen (secondary N) is 1. The molecule has 0 amide bonds. The molecule has 0 atom stereocenters. The predicted molar refractivity (Wildman–Crippen MR) is 79.2 cm³/mol. The number of nitrogens with zero attached hydrogens (tertiary/aromatic N) is 2. The van der Waals surface area contributed by atoms with Gasteiger partial charge in [0.1, 0.15) is 0 Å². The van der Waals surface area contributed by atoms with Gasteiger partial charge in [0, 0.05) is 29.1 Å². The van der Waals surface area contributed by atoms with Crippen molar-refractivity contribution in [1.82, 2.24) is 9.55 Å². The molecule has 2 aromatic rings. The number of hydrogen-bond donors (Lipinski definition) is 1. The van der Waals surface area contributed by atoms with Gasteiger partial charge in [-0.2, -0.15) is 0 Å². The third-order valence-electron chi connectivity index (χ3n) is 2.79. The number of halogens is 1. The fraction of sp³-hybridized carbons (Fsp3) is 0.357. The van der Waals surface area contributed by atoms with E-state index in [1.807, 2.05) is 24.5 Å². The second-order valence-corrected chi connectivity index (χ2v) is 5.69. The van der Waals surface area contributed by atoms with Gasteiger partial charge in [0.05, 0.1) is 0 Å². The minimum atomic E-state index is 0.600. The normalized spacial score (nSPS) is 10.9. The maximum Gasteiger partial charge on any atom is 0.207 e. The fourth-order valence-electron chi connectivity index (χ4n) is 1.84. The minimum absolute atomic E-state index is 0.600. The largest absolute Gasteiger partial charge is 0.325 e. The highest BCUT2D eigenvalue weighted by molar-refractivity contribution is 9.10. The Hall–Kier alpha value is -1.29. The third-order valence-corrected chi connectivity index (χ3v) is 3.65. The number of aromatic nitrogens is 2. The van der Waals surface area contributed by atoms with E-state index in [4.69, 9.17) is 0 Å². The smallest absolute Gasteiger partial charge is 0.207 e. The van der Waals surface area contributed by atoms with Gasteiger partial charge in [0.25, 0.3) is 0 Å². The molecule has 0 aliphatic carbocycles. The van der Waals surface area contributed by atoms with Gasteiger partial charge in [0.15, 0.2) is 0 Å². The van der Waals surface area contributed by atoms with Crippen LogP contribution in [0.3, 0.4) is 0 Å². The van der Waals surface area contributed by atoms with Crippen LogP contribution in [0.2, 0.25) is 0 Å². The van der Waals surface area contributed by atoms with E-state index in [1.54, 1.807) is 0 Å². The van der Waals surface area contributed by atoms with E-state index in [-0.39, 0.29) is 0 Å². The van der Waals surface area contributed by atoms with Gasteiger partial charge in [-0.05, 0) is 30.5 Å². The maximum absolute atomic E-state index is 4.37. The summed E-state index contributed by atoms with van der Waals surface area (Å²) >= 11 is 3.54. The van der Waals surface area contributed by atoms with E-state index in [0.29, 0.717) is 5.92 Å². The lowest BCUT2D eigenvalue weighted by Crippen LogP contribution is -2.08. The lowest BCUT2D eigenvalue weighted by atomic mass is 10.2. The first-order valence-electron chi connectivity index (χ1n) is 6.11.